The van der Waals surface area contributed by atoms with Gasteiger partial charge in [-0.3, -0.25) is 9.48 Å². The Kier molecular flexibility index (Phi) is 6.35. The SMILES string of the molecule is Cc1ccc(CCC(=O)Nc2cc(NCc3ccc(-c4cnn(C)c4)cc3)ccc2F)o1. The van der Waals surface area contributed by atoms with E-state index in [1.165, 1.54) is 6.07 Å². The quantitative estimate of drug-likeness (QED) is 0.396. The van der Waals surface area contributed by atoms with Gasteiger partial charge in [0.15, 0.2) is 0 Å². The molecule has 7 heteroatoms. The largest absolute Gasteiger partial charge is 0.466 e. The maximum atomic E-state index is 14.2. The van der Waals surface area contributed by atoms with Crippen molar-refractivity contribution in [3.05, 3.63) is 89.9 Å². The Morgan fingerprint density at radius 3 is 2.59 bits per heavy atom. The van der Waals surface area contributed by atoms with Crippen molar-refractivity contribution in [2.45, 2.75) is 26.3 Å². The first-order valence-corrected chi connectivity index (χ1v) is 10.4. The molecule has 4 rings (SSSR count). The second kappa shape index (κ2) is 9.51. The molecule has 164 valence electrons. The van der Waals surface area contributed by atoms with Crippen LogP contribution < -0.4 is 10.6 Å². The van der Waals surface area contributed by atoms with Crippen LogP contribution in [0.15, 0.2) is 71.4 Å². The lowest BCUT2D eigenvalue weighted by Crippen LogP contribution is -2.13. The molecule has 1 amide bonds. The third-order valence-electron chi connectivity index (χ3n) is 5.12. The third-order valence-corrected chi connectivity index (χ3v) is 5.12. The van der Waals surface area contributed by atoms with Crippen LogP contribution >= 0.6 is 0 Å². The monoisotopic (exact) mass is 432 g/mol. The van der Waals surface area contributed by atoms with Crippen LogP contribution in [0.25, 0.3) is 11.1 Å². The van der Waals surface area contributed by atoms with E-state index in [0.29, 0.717) is 13.0 Å². The number of furan rings is 1. The van der Waals surface area contributed by atoms with Crippen LogP contribution in [-0.4, -0.2) is 15.7 Å². The van der Waals surface area contributed by atoms with Crippen LogP contribution in [0.1, 0.15) is 23.5 Å². The van der Waals surface area contributed by atoms with Crippen molar-refractivity contribution in [1.82, 2.24) is 9.78 Å². The highest BCUT2D eigenvalue weighted by molar-refractivity contribution is 5.91. The lowest BCUT2D eigenvalue weighted by molar-refractivity contribution is -0.116. The van der Waals surface area contributed by atoms with Crippen molar-refractivity contribution in [1.29, 1.82) is 0 Å². The predicted octanol–water partition coefficient (Wildman–Crippen LogP) is 5.31. The fourth-order valence-electron chi connectivity index (χ4n) is 3.39. The summed E-state index contributed by atoms with van der Waals surface area (Å²) >= 11 is 0. The summed E-state index contributed by atoms with van der Waals surface area (Å²) in [5, 5.41) is 10.1. The van der Waals surface area contributed by atoms with Gasteiger partial charge < -0.3 is 15.1 Å². The standard InChI is InChI=1S/C25H25FN4O2/c1-17-3-9-22(32-17)10-12-25(31)29-24-13-21(8-11-23(24)26)27-14-18-4-6-19(7-5-18)20-15-28-30(2)16-20/h3-9,11,13,15-16,27H,10,12,14H2,1-2H3,(H,29,31). The van der Waals surface area contributed by atoms with E-state index < -0.39 is 5.82 Å². The number of aryl methyl sites for hydroxylation is 3. The maximum Gasteiger partial charge on any atom is 0.224 e. The van der Waals surface area contributed by atoms with Crippen molar-refractivity contribution in [3.8, 4) is 11.1 Å². The van der Waals surface area contributed by atoms with E-state index in [4.69, 9.17) is 4.42 Å². The van der Waals surface area contributed by atoms with Crippen molar-refractivity contribution in [2.24, 2.45) is 7.05 Å². The minimum absolute atomic E-state index is 0.155. The second-order valence-electron chi connectivity index (χ2n) is 7.71. The maximum absolute atomic E-state index is 14.2. The Labute approximate surface area is 186 Å². The molecule has 32 heavy (non-hydrogen) atoms. The third kappa shape index (κ3) is 5.43. The lowest BCUT2D eigenvalue weighted by Gasteiger charge is -2.11. The number of hydrogen-bond donors (Lipinski definition) is 2. The van der Waals surface area contributed by atoms with Crippen LogP contribution in [0, 0.1) is 12.7 Å². The molecule has 6 nitrogen and oxygen atoms in total. The van der Waals surface area contributed by atoms with Crippen LogP contribution in [-0.2, 0) is 24.8 Å². The molecule has 0 aliphatic heterocycles. The highest BCUT2D eigenvalue weighted by atomic mass is 19.1. The Morgan fingerprint density at radius 1 is 1.09 bits per heavy atom. The Hall–Kier alpha value is -3.87. The summed E-state index contributed by atoms with van der Waals surface area (Å²) in [4.78, 5) is 12.2. The molecule has 0 fully saturated rings. The Morgan fingerprint density at radius 2 is 1.91 bits per heavy atom. The predicted molar refractivity (Wildman–Crippen MR) is 123 cm³/mol. The minimum Gasteiger partial charge on any atom is -0.466 e. The molecule has 0 aliphatic carbocycles. The fourth-order valence-corrected chi connectivity index (χ4v) is 3.39. The van der Waals surface area contributed by atoms with E-state index in [-0.39, 0.29) is 18.0 Å². The molecular weight excluding hydrogens is 407 g/mol. The highest BCUT2D eigenvalue weighted by Gasteiger charge is 2.10. The van der Waals surface area contributed by atoms with Crippen LogP contribution in [0.5, 0.6) is 0 Å². The van der Waals surface area contributed by atoms with E-state index in [1.807, 2.05) is 62.8 Å². The normalized spacial score (nSPS) is 10.8. The zero-order valence-corrected chi connectivity index (χ0v) is 18.1. The smallest absolute Gasteiger partial charge is 0.224 e. The van der Waals surface area contributed by atoms with Crippen LogP contribution in [0.4, 0.5) is 15.8 Å². The topological polar surface area (TPSA) is 72.1 Å². The molecule has 0 radical (unpaired) electrons. The fraction of sp³-hybridized carbons (Fsp3) is 0.200. The van der Waals surface area contributed by atoms with Crippen molar-refractivity contribution < 1.29 is 13.6 Å². The van der Waals surface area contributed by atoms with Gasteiger partial charge in [0, 0.05) is 43.9 Å². The number of carbonyl (C=O) groups excluding carboxylic acids is 1. The van der Waals surface area contributed by atoms with E-state index in [9.17, 15) is 9.18 Å². The number of amides is 1. The number of halogens is 1. The molecule has 0 unspecified atom stereocenters. The van der Waals surface area contributed by atoms with Crippen LogP contribution in [0.3, 0.4) is 0 Å². The molecule has 2 heterocycles. The average Bonchev–Trinajstić information content (AvgIpc) is 3.41. The molecule has 0 saturated heterocycles. The van der Waals surface area contributed by atoms with Crippen molar-refractivity contribution in [2.75, 3.05) is 10.6 Å². The molecule has 2 aromatic carbocycles. The number of anilines is 2. The van der Waals surface area contributed by atoms with Gasteiger partial charge in [0.05, 0.1) is 11.9 Å². The first-order chi connectivity index (χ1) is 15.5. The van der Waals surface area contributed by atoms with Gasteiger partial charge in [0.1, 0.15) is 17.3 Å². The molecule has 0 aliphatic rings. The number of aromatic nitrogens is 2. The Balaban J connectivity index is 1.33. The summed E-state index contributed by atoms with van der Waals surface area (Å²) in [6, 6.07) is 16.5. The molecule has 0 spiro atoms. The van der Waals surface area contributed by atoms with E-state index >= 15 is 0 Å². The number of hydrogen-bond acceptors (Lipinski definition) is 4. The van der Waals surface area contributed by atoms with Gasteiger partial charge in [0.2, 0.25) is 5.91 Å². The van der Waals surface area contributed by atoms with Crippen LogP contribution in [0.2, 0.25) is 0 Å². The number of carbonyl (C=O) groups is 1. The lowest BCUT2D eigenvalue weighted by atomic mass is 10.1. The molecule has 2 aromatic heterocycles. The van der Waals surface area contributed by atoms with Gasteiger partial charge >= 0.3 is 0 Å². The zero-order chi connectivity index (χ0) is 22.5. The number of nitrogens with zero attached hydrogens (tertiary/aromatic N) is 2. The summed E-state index contributed by atoms with van der Waals surface area (Å²) < 4.78 is 21.4. The number of nitrogens with one attached hydrogen (secondary N) is 2. The molecule has 0 saturated carbocycles. The van der Waals surface area contributed by atoms with Gasteiger partial charge in [-0.1, -0.05) is 24.3 Å². The van der Waals surface area contributed by atoms with E-state index in [1.54, 1.807) is 16.8 Å². The molecule has 0 bridgehead atoms. The van der Waals surface area contributed by atoms with Gasteiger partial charge in [-0.15, -0.1) is 0 Å². The molecular formula is C25H25FN4O2. The number of benzene rings is 2. The average molecular weight is 432 g/mol. The van der Waals surface area contributed by atoms with Gasteiger partial charge in [0.25, 0.3) is 0 Å². The molecule has 4 aromatic rings. The first kappa shape index (κ1) is 21.4. The van der Waals surface area contributed by atoms with Crippen molar-refractivity contribution >= 4 is 17.3 Å². The number of rotatable bonds is 8. The first-order valence-electron chi connectivity index (χ1n) is 10.4. The summed E-state index contributed by atoms with van der Waals surface area (Å²) in [5.74, 6) is 0.805. The minimum atomic E-state index is -0.474. The highest BCUT2D eigenvalue weighted by Crippen LogP contribution is 2.22. The zero-order valence-electron chi connectivity index (χ0n) is 18.1. The van der Waals surface area contributed by atoms with Crippen molar-refractivity contribution in [3.63, 3.8) is 0 Å². The second-order valence-corrected chi connectivity index (χ2v) is 7.71. The summed E-state index contributed by atoms with van der Waals surface area (Å²) in [5.41, 5.74) is 4.12. The summed E-state index contributed by atoms with van der Waals surface area (Å²) in [6.45, 7) is 2.43. The molecule has 2 N–H and O–H groups in total. The van der Waals surface area contributed by atoms with Gasteiger partial charge in [-0.05, 0) is 48.4 Å². The van der Waals surface area contributed by atoms with E-state index in [0.717, 1.165) is 33.9 Å². The van der Waals surface area contributed by atoms with Gasteiger partial charge in [-0.2, -0.15) is 5.10 Å². The van der Waals surface area contributed by atoms with E-state index in [2.05, 4.69) is 15.7 Å². The van der Waals surface area contributed by atoms with Gasteiger partial charge in [-0.25, -0.2) is 4.39 Å². The molecule has 0 atom stereocenters. The summed E-state index contributed by atoms with van der Waals surface area (Å²) in [7, 11) is 1.89. The summed E-state index contributed by atoms with van der Waals surface area (Å²) in [6.07, 6.45) is 4.48. The Bertz CT molecular complexity index is 1210.